The summed E-state index contributed by atoms with van der Waals surface area (Å²) >= 11 is 5.39. The van der Waals surface area contributed by atoms with E-state index in [0.29, 0.717) is 0 Å². The topological polar surface area (TPSA) is 17.1 Å². The van der Waals surface area contributed by atoms with Gasteiger partial charge in [0.15, 0.2) is 0 Å². The summed E-state index contributed by atoms with van der Waals surface area (Å²) in [5.74, 6) is 0.141. The molecule has 0 aliphatic heterocycles. The summed E-state index contributed by atoms with van der Waals surface area (Å²) in [6.07, 6.45) is 0. The van der Waals surface area contributed by atoms with Crippen molar-refractivity contribution in [2.75, 3.05) is 0 Å². The van der Waals surface area contributed by atoms with E-state index in [9.17, 15) is 4.79 Å². The number of halogens is 1. The third-order valence-corrected chi connectivity index (χ3v) is 4.58. The van der Waals surface area contributed by atoms with E-state index in [-0.39, 0.29) is 5.78 Å². The monoisotopic (exact) mass is 334 g/mol. The third kappa shape index (κ3) is 2.07. The molecule has 2 aromatic heterocycles. The lowest BCUT2D eigenvalue weighted by Gasteiger charge is -1.91. The van der Waals surface area contributed by atoms with Crippen LogP contribution in [0.3, 0.4) is 0 Å². The van der Waals surface area contributed by atoms with Gasteiger partial charge in [-0.1, -0.05) is 0 Å². The molecule has 0 atom stereocenters. The predicted molar refractivity (Wildman–Crippen MR) is 69.5 cm³/mol. The van der Waals surface area contributed by atoms with Crippen LogP contribution in [0.5, 0.6) is 0 Å². The Hall–Kier alpha value is -0.200. The van der Waals surface area contributed by atoms with Crippen molar-refractivity contribution in [1.82, 2.24) is 0 Å². The lowest BCUT2D eigenvalue weighted by molar-refractivity contribution is 0.104. The first-order chi connectivity index (χ1) is 6.66. The van der Waals surface area contributed by atoms with E-state index in [2.05, 4.69) is 22.6 Å². The molecule has 0 fully saturated rings. The van der Waals surface area contributed by atoms with Crippen LogP contribution in [0.25, 0.3) is 0 Å². The number of carbonyl (C=O) groups excluding carboxylic acids is 1. The van der Waals surface area contributed by atoms with Gasteiger partial charge in [-0.25, -0.2) is 0 Å². The third-order valence-electron chi connectivity index (χ3n) is 1.79. The van der Waals surface area contributed by atoms with Crippen molar-refractivity contribution in [3.8, 4) is 0 Å². The molecule has 0 unspecified atom stereocenters. The number of carbonyl (C=O) groups is 1. The van der Waals surface area contributed by atoms with Crippen molar-refractivity contribution in [3.63, 3.8) is 0 Å². The lowest BCUT2D eigenvalue weighted by Crippen LogP contribution is -1.95. The second kappa shape index (κ2) is 4.12. The Morgan fingerprint density at radius 3 is 2.71 bits per heavy atom. The molecule has 0 spiro atoms. The predicted octanol–water partition coefficient (Wildman–Crippen LogP) is 3.95. The van der Waals surface area contributed by atoms with Crippen LogP contribution < -0.4 is 0 Å². The van der Waals surface area contributed by atoms with Crippen molar-refractivity contribution < 1.29 is 4.79 Å². The second-order valence-corrected chi connectivity index (χ2v) is 6.97. The first-order valence-electron chi connectivity index (χ1n) is 4.02. The van der Waals surface area contributed by atoms with Gasteiger partial charge in [0.05, 0.1) is 7.76 Å². The molecule has 0 aromatic carbocycles. The average Bonchev–Trinajstić information content (AvgIpc) is 2.73. The maximum Gasteiger partial charge on any atom is 0.203 e. The molecule has 0 saturated carbocycles. The molecule has 14 heavy (non-hydrogen) atoms. The van der Waals surface area contributed by atoms with Gasteiger partial charge in [-0.15, -0.1) is 22.7 Å². The Kier molecular flexibility index (Phi) is 3.04. The maximum absolute atomic E-state index is 11.9. The highest BCUT2D eigenvalue weighted by Crippen LogP contribution is 2.23. The molecule has 0 aliphatic rings. The number of ketones is 1. The van der Waals surface area contributed by atoms with Crippen molar-refractivity contribution in [2.45, 2.75) is 6.92 Å². The van der Waals surface area contributed by atoms with Gasteiger partial charge in [0, 0.05) is 15.8 Å². The van der Waals surface area contributed by atoms with Gasteiger partial charge in [-0.3, -0.25) is 4.79 Å². The summed E-state index contributed by atoms with van der Waals surface area (Å²) in [7, 11) is 0. The Morgan fingerprint density at radius 1 is 1.43 bits per heavy atom. The van der Waals surface area contributed by atoms with E-state index in [4.69, 9.17) is 0 Å². The van der Waals surface area contributed by atoms with Gasteiger partial charge in [-0.05, 0) is 47.7 Å². The minimum absolute atomic E-state index is 0.141. The van der Waals surface area contributed by atoms with Crippen molar-refractivity contribution in [1.29, 1.82) is 0 Å². The molecule has 0 N–H and O–H groups in total. The van der Waals surface area contributed by atoms with Crippen molar-refractivity contribution in [3.05, 3.63) is 41.8 Å². The van der Waals surface area contributed by atoms with Crippen LogP contribution >= 0.6 is 45.3 Å². The minimum atomic E-state index is 0.141. The van der Waals surface area contributed by atoms with E-state index < -0.39 is 0 Å². The molecule has 72 valence electrons. The van der Waals surface area contributed by atoms with Crippen LogP contribution in [0.1, 0.15) is 20.1 Å². The Bertz CT molecular complexity index is 428. The maximum atomic E-state index is 11.9. The molecule has 2 heterocycles. The van der Waals surface area contributed by atoms with Gasteiger partial charge in [0.1, 0.15) is 0 Å². The zero-order chi connectivity index (χ0) is 10.1. The molecule has 2 rings (SSSR count). The molecule has 1 nitrogen and oxygen atoms in total. The van der Waals surface area contributed by atoms with Crippen molar-refractivity contribution in [2.24, 2.45) is 0 Å². The summed E-state index contributed by atoms with van der Waals surface area (Å²) in [6.45, 7) is 2.01. The fraction of sp³-hybridized carbons (Fsp3) is 0.100. The standard InChI is InChI=1S/C10H7IOS2/c1-6-2-3-8(14-6)10(12)7-4-9(11)13-5-7/h2-5H,1H3. The van der Waals surface area contributed by atoms with E-state index in [1.807, 2.05) is 30.5 Å². The van der Waals surface area contributed by atoms with Crippen molar-refractivity contribution >= 4 is 51.0 Å². The van der Waals surface area contributed by atoms with Gasteiger partial charge in [0.2, 0.25) is 5.78 Å². The van der Waals surface area contributed by atoms with E-state index in [1.54, 1.807) is 22.7 Å². The molecule has 4 heteroatoms. The smallest absolute Gasteiger partial charge is 0.203 e. The summed E-state index contributed by atoms with van der Waals surface area (Å²) < 4.78 is 1.15. The Morgan fingerprint density at radius 2 is 2.21 bits per heavy atom. The SMILES string of the molecule is Cc1ccc(C(=O)c2csc(I)c2)s1. The highest BCUT2D eigenvalue weighted by Gasteiger charge is 2.12. The summed E-state index contributed by atoms with van der Waals surface area (Å²) in [5.41, 5.74) is 0.807. The van der Waals surface area contributed by atoms with Gasteiger partial charge in [0.25, 0.3) is 0 Å². The molecule has 0 saturated heterocycles. The lowest BCUT2D eigenvalue weighted by atomic mass is 10.2. The normalized spacial score (nSPS) is 10.4. The Balaban J connectivity index is 2.33. The first kappa shape index (κ1) is 10.3. The number of hydrogen-bond donors (Lipinski definition) is 0. The van der Waals surface area contributed by atoms with Crippen LogP contribution in [-0.2, 0) is 0 Å². The highest BCUT2D eigenvalue weighted by molar-refractivity contribution is 14.1. The first-order valence-corrected chi connectivity index (χ1v) is 6.79. The highest BCUT2D eigenvalue weighted by atomic mass is 127. The molecule has 2 aromatic rings. The van der Waals surface area contributed by atoms with E-state index >= 15 is 0 Å². The van der Waals surface area contributed by atoms with E-state index in [0.717, 1.165) is 13.3 Å². The number of aryl methyl sites for hydroxylation is 1. The van der Waals surface area contributed by atoms with Crippen LogP contribution in [0.15, 0.2) is 23.6 Å². The fourth-order valence-corrected chi connectivity index (χ4v) is 3.28. The van der Waals surface area contributed by atoms with E-state index in [1.165, 1.54) is 4.88 Å². The Labute approximate surface area is 104 Å². The van der Waals surface area contributed by atoms with Crippen LogP contribution in [0.4, 0.5) is 0 Å². The van der Waals surface area contributed by atoms with Gasteiger partial charge in [-0.2, -0.15) is 0 Å². The summed E-state index contributed by atoms with van der Waals surface area (Å²) in [4.78, 5) is 13.9. The second-order valence-electron chi connectivity index (χ2n) is 2.88. The largest absolute Gasteiger partial charge is 0.288 e. The van der Waals surface area contributed by atoms with Crippen LogP contribution in [0.2, 0.25) is 0 Å². The van der Waals surface area contributed by atoms with Crippen LogP contribution in [0, 0.1) is 9.81 Å². The van der Waals surface area contributed by atoms with Gasteiger partial charge < -0.3 is 0 Å². The number of rotatable bonds is 2. The fourth-order valence-electron chi connectivity index (χ4n) is 1.13. The quantitative estimate of drug-likeness (QED) is 0.600. The minimum Gasteiger partial charge on any atom is -0.288 e. The molecule has 0 aliphatic carbocycles. The molecule has 0 amide bonds. The number of hydrogen-bond acceptors (Lipinski definition) is 3. The molecule has 0 bridgehead atoms. The van der Waals surface area contributed by atoms with Gasteiger partial charge >= 0.3 is 0 Å². The molecule has 0 radical (unpaired) electrons. The summed E-state index contributed by atoms with van der Waals surface area (Å²) in [5, 5.41) is 1.92. The zero-order valence-corrected chi connectivity index (χ0v) is 11.2. The summed E-state index contributed by atoms with van der Waals surface area (Å²) in [6, 6.07) is 5.81. The molecular weight excluding hydrogens is 327 g/mol. The average molecular weight is 334 g/mol. The molecular formula is C10H7IOS2. The zero-order valence-electron chi connectivity index (χ0n) is 7.41. The van der Waals surface area contributed by atoms with Crippen LogP contribution in [-0.4, -0.2) is 5.78 Å². The number of thiophene rings is 2.